The summed E-state index contributed by atoms with van der Waals surface area (Å²) in [5.74, 6) is 0. The number of thiocarbonyl (C=S) groups is 1. The third-order valence-corrected chi connectivity index (χ3v) is 2.57. The fourth-order valence-electron chi connectivity index (χ4n) is 1.42. The van der Waals surface area contributed by atoms with Gasteiger partial charge >= 0.3 is 0 Å². The zero-order chi connectivity index (χ0) is 11.1. The van der Waals surface area contributed by atoms with E-state index < -0.39 is 0 Å². The lowest BCUT2D eigenvalue weighted by Gasteiger charge is -2.09. The van der Waals surface area contributed by atoms with E-state index in [9.17, 15) is 0 Å². The lowest BCUT2D eigenvalue weighted by molar-refractivity contribution is 0.826. The number of benzene rings is 1. The summed E-state index contributed by atoms with van der Waals surface area (Å²) in [6.45, 7) is 5.93. The Morgan fingerprint density at radius 2 is 2.00 bits per heavy atom. The van der Waals surface area contributed by atoms with Gasteiger partial charge < -0.3 is 10.6 Å². The molecule has 0 aliphatic carbocycles. The van der Waals surface area contributed by atoms with E-state index in [1.54, 1.807) is 0 Å². The summed E-state index contributed by atoms with van der Waals surface area (Å²) in [7, 11) is 0. The van der Waals surface area contributed by atoms with Gasteiger partial charge in [0.25, 0.3) is 0 Å². The van der Waals surface area contributed by atoms with Crippen LogP contribution in [-0.2, 0) is 6.42 Å². The van der Waals surface area contributed by atoms with Crippen molar-refractivity contribution in [3.63, 3.8) is 0 Å². The molecule has 0 unspecified atom stereocenters. The van der Waals surface area contributed by atoms with Crippen LogP contribution in [0.25, 0.3) is 0 Å². The van der Waals surface area contributed by atoms with Crippen LogP contribution in [0.3, 0.4) is 0 Å². The van der Waals surface area contributed by atoms with Gasteiger partial charge in [-0.05, 0) is 43.6 Å². The smallest absolute Gasteiger partial charge is 0.166 e. The van der Waals surface area contributed by atoms with E-state index in [0.29, 0.717) is 0 Å². The van der Waals surface area contributed by atoms with Gasteiger partial charge in [0, 0.05) is 13.1 Å². The van der Waals surface area contributed by atoms with E-state index in [0.717, 1.165) is 24.6 Å². The van der Waals surface area contributed by atoms with Crippen molar-refractivity contribution in [2.24, 2.45) is 0 Å². The quantitative estimate of drug-likeness (QED) is 0.762. The van der Waals surface area contributed by atoms with Gasteiger partial charge in [-0.3, -0.25) is 0 Å². The highest BCUT2D eigenvalue weighted by molar-refractivity contribution is 7.80. The first-order valence-electron chi connectivity index (χ1n) is 5.30. The summed E-state index contributed by atoms with van der Waals surface area (Å²) in [5, 5.41) is 6.99. The van der Waals surface area contributed by atoms with E-state index in [4.69, 9.17) is 12.2 Å². The maximum absolute atomic E-state index is 5.08. The predicted octanol–water partition coefficient (Wildman–Crippen LogP) is 2.02. The van der Waals surface area contributed by atoms with Gasteiger partial charge in [-0.25, -0.2) is 0 Å². The molecule has 0 heterocycles. The summed E-state index contributed by atoms with van der Waals surface area (Å²) in [4.78, 5) is 0. The molecule has 0 aliphatic heterocycles. The minimum Gasteiger partial charge on any atom is -0.363 e. The molecule has 0 spiro atoms. The molecule has 0 amide bonds. The molecule has 15 heavy (non-hydrogen) atoms. The largest absolute Gasteiger partial charge is 0.363 e. The fourth-order valence-corrected chi connectivity index (χ4v) is 1.67. The molecule has 3 heteroatoms. The van der Waals surface area contributed by atoms with Crippen LogP contribution >= 0.6 is 12.2 Å². The fraction of sp³-hybridized carbons (Fsp3) is 0.417. The Kier molecular flexibility index (Phi) is 5.12. The van der Waals surface area contributed by atoms with Crippen molar-refractivity contribution in [2.75, 3.05) is 13.1 Å². The number of aryl methyl sites for hydroxylation is 1. The molecule has 0 aromatic heterocycles. The van der Waals surface area contributed by atoms with Crippen LogP contribution in [0, 0.1) is 6.92 Å². The third-order valence-electron chi connectivity index (χ3n) is 2.28. The normalized spacial score (nSPS) is 9.73. The van der Waals surface area contributed by atoms with Gasteiger partial charge in [0.1, 0.15) is 0 Å². The minimum absolute atomic E-state index is 0.742. The Hall–Kier alpha value is -1.09. The zero-order valence-electron chi connectivity index (χ0n) is 9.34. The van der Waals surface area contributed by atoms with Crippen LogP contribution < -0.4 is 10.6 Å². The monoisotopic (exact) mass is 222 g/mol. The highest BCUT2D eigenvalue weighted by atomic mass is 32.1. The Morgan fingerprint density at radius 1 is 1.27 bits per heavy atom. The Bertz CT molecular complexity index is 323. The molecule has 0 radical (unpaired) electrons. The lowest BCUT2D eigenvalue weighted by atomic mass is 10.1. The second-order valence-corrected chi connectivity index (χ2v) is 3.87. The second-order valence-electron chi connectivity index (χ2n) is 3.46. The SMILES string of the molecule is CCNC(=S)NCCc1ccccc1C. The molecule has 0 saturated carbocycles. The van der Waals surface area contributed by atoms with Crippen LogP contribution in [-0.4, -0.2) is 18.2 Å². The molecule has 1 aromatic rings. The molecular formula is C12H18N2S. The number of hydrogen-bond acceptors (Lipinski definition) is 1. The second kappa shape index (κ2) is 6.40. The first-order valence-corrected chi connectivity index (χ1v) is 5.71. The molecule has 1 rings (SSSR count). The van der Waals surface area contributed by atoms with Gasteiger partial charge in [-0.1, -0.05) is 24.3 Å². The van der Waals surface area contributed by atoms with Crippen LogP contribution in [0.5, 0.6) is 0 Å². The van der Waals surface area contributed by atoms with Crippen LogP contribution in [0.2, 0.25) is 0 Å². The summed E-state index contributed by atoms with van der Waals surface area (Å²) in [5.41, 5.74) is 2.72. The first kappa shape index (κ1) is 12.0. The predicted molar refractivity (Wildman–Crippen MR) is 69.2 cm³/mol. The van der Waals surface area contributed by atoms with E-state index >= 15 is 0 Å². The third kappa shape index (κ3) is 4.30. The van der Waals surface area contributed by atoms with Gasteiger partial charge in [-0.15, -0.1) is 0 Å². The van der Waals surface area contributed by atoms with Crippen molar-refractivity contribution in [3.05, 3.63) is 35.4 Å². The van der Waals surface area contributed by atoms with E-state index in [1.165, 1.54) is 11.1 Å². The van der Waals surface area contributed by atoms with Gasteiger partial charge in [-0.2, -0.15) is 0 Å². The standard InChI is InChI=1S/C12H18N2S/c1-3-13-12(15)14-9-8-11-7-5-4-6-10(11)2/h4-7H,3,8-9H2,1-2H3,(H2,13,14,15). The maximum Gasteiger partial charge on any atom is 0.166 e. The molecule has 0 aliphatic rings. The summed E-state index contributed by atoms with van der Waals surface area (Å²) in [6, 6.07) is 8.44. The van der Waals surface area contributed by atoms with E-state index in [-0.39, 0.29) is 0 Å². The molecule has 82 valence electrons. The summed E-state index contributed by atoms with van der Waals surface area (Å²) < 4.78 is 0. The Balaban J connectivity index is 2.32. The Morgan fingerprint density at radius 3 is 2.67 bits per heavy atom. The number of hydrogen-bond donors (Lipinski definition) is 2. The van der Waals surface area contributed by atoms with Gasteiger partial charge in [0.05, 0.1) is 0 Å². The molecule has 2 N–H and O–H groups in total. The van der Waals surface area contributed by atoms with Crippen molar-refractivity contribution in [2.45, 2.75) is 20.3 Å². The van der Waals surface area contributed by atoms with Crippen molar-refractivity contribution in [1.82, 2.24) is 10.6 Å². The van der Waals surface area contributed by atoms with Crippen molar-refractivity contribution >= 4 is 17.3 Å². The van der Waals surface area contributed by atoms with E-state index in [2.05, 4.69) is 41.8 Å². The van der Waals surface area contributed by atoms with Crippen LogP contribution in [0.15, 0.2) is 24.3 Å². The maximum atomic E-state index is 5.08. The average Bonchev–Trinajstić information content (AvgIpc) is 2.21. The molecule has 0 saturated heterocycles. The van der Waals surface area contributed by atoms with Crippen molar-refractivity contribution < 1.29 is 0 Å². The summed E-state index contributed by atoms with van der Waals surface area (Å²) >= 11 is 5.08. The highest BCUT2D eigenvalue weighted by Gasteiger charge is 1.97. The zero-order valence-corrected chi connectivity index (χ0v) is 10.2. The van der Waals surface area contributed by atoms with Gasteiger partial charge in [0.2, 0.25) is 0 Å². The van der Waals surface area contributed by atoms with Gasteiger partial charge in [0.15, 0.2) is 5.11 Å². The summed E-state index contributed by atoms with van der Waals surface area (Å²) in [6.07, 6.45) is 1.01. The molecule has 0 fully saturated rings. The molecule has 0 atom stereocenters. The molecule has 2 nitrogen and oxygen atoms in total. The topological polar surface area (TPSA) is 24.1 Å². The highest BCUT2D eigenvalue weighted by Crippen LogP contribution is 2.06. The number of nitrogens with one attached hydrogen (secondary N) is 2. The average molecular weight is 222 g/mol. The Labute approximate surface area is 97.1 Å². The molecular weight excluding hydrogens is 204 g/mol. The molecule has 0 bridgehead atoms. The minimum atomic E-state index is 0.742. The number of rotatable bonds is 4. The van der Waals surface area contributed by atoms with Crippen LogP contribution in [0.1, 0.15) is 18.1 Å². The van der Waals surface area contributed by atoms with Crippen molar-refractivity contribution in [1.29, 1.82) is 0 Å². The first-order chi connectivity index (χ1) is 7.24. The molecule has 1 aromatic carbocycles. The van der Waals surface area contributed by atoms with E-state index in [1.807, 2.05) is 6.92 Å². The van der Waals surface area contributed by atoms with Crippen molar-refractivity contribution in [3.8, 4) is 0 Å². The van der Waals surface area contributed by atoms with Crippen LogP contribution in [0.4, 0.5) is 0 Å². The lowest BCUT2D eigenvalue weighted by Crippen LogP contribution is -2.36.